The van der Waals surface area contributed by atoms with Crippen LogP contribution in [0, 0.1) is 12.8 Å². The summed E-state index contributed by atoms with van der Waals surface area (Å²) in [7, 11) is 1.60. The molecule has 6 heteroatoms. The monoisotopic (exact) mass is 325 g/mol. The van der Waals surface area contributed by atoms with Gasteiger partial charge in [-0.2, -0.15) is 0 Å². The molecule has 0 heterocycles. The Balaban J connectivity index is 2.94. The summed E-state index contributed by atoms with van der Waals surface area (Å²) in [6.07, 6.45) is -1.34. The summed E-state index contributed by atoms with van der Waals surface area (Å²) in [6, 6.07) is 7.24. The van der Waals surface area contributed by atoms with Crippen LogP contribution in [0.15, 0.2) is 24.3 Å². The lowest BCUT2D eigenvalue weighted by Gasteiger charge is -2.31. The second-order valence-electron chi connectivity index (χ2n) is 5.47. The maximum atomic E-state index is 12.0. The molecular formula is C17H27NO5. The summed E-state index contributed by atoms with van der Waals surface area (Å²) in [4.78, 5) is 12.0. The molecule has 1 aromatic carbocycles. The summed E-state index contributed by atoms with van der Waals surface area (Å²) in [5.41, 5.74) is 8.32. The fourth-order valence-corrected chi connectivity index (χ4v) is 2.53. The van der Waals surface area contributed by atoms with Gasteiger partial charge in [0.15, 0.2) is 6.10 Å². The second-order valence-corrected chi connectivity index (χ2v) is 5.47. The topological polar surface area (TPSA) is 91.0 Å². The smallest absolute Gasteiger partial charge is 0.337 e. The van der Waals surface area contributed by atoms with E-state index in [1.165, 1.54) is 0 Å². The highest BCUT2D eigenvalue weighted by Gasteiger charge is 2.35. The van der Waals surface area contributed by atoms with Crippen LogP contribution in [-0.2, 0) is 19.0 Å². The lowest BCUT2D eigenvalue weighted by Crippen LogP contribution is -2.49. The molecular weight excluding hydrogens is 298 g/mol. The molecule has 0 fully saturated rings. The molecule has 0 aliphatic heterocycles. The highest BCUT2D eigenvalue weighted by atomic mass is 16.6. The Morgan fingerprint density at radius 2 is 1.91 bits per heavy atom. The number of esters is 1. The van der Waals surface area contributed by atoms with E-state index in [1.54, 1.807) is 14.0 Å². The third-order valence-electron chi connectivity index (χ3n) is 3.87. The second kappa shape index (κ2) is 9.62. The Morgan fingerprint density at radius 1 is 1.30 bits per heavy atom. The van der Waals surface area contributed by atoms with Crippen LogP contribution in [0.5, 0.6) is 0 Å². The van der Waals surface area contributed by atoms with Gasteiger partial charge in [0, 0.05) is 19.1 Å². The Kier molecular flexibility index (Phi) is 8.19. The molecule has 3 unspecified atom stereocenters. The molecule has 0 bridgehead atoms. The van der Waals surface area contributed by atoms with Gasteiger partial charge in [0.25, 0.3) is 0 Å². The highest BCUT2D eigenvalue weighted by Crippen LogP contribution is 2.29. The molecule has 23 heavy (non-hydrogen) atoms. The number of nitrogens with two attached hydrogens (primary N) is 1. The number of benzene rings is 1. The van der Waals surface area contributed by atoms with Crippen molar-refractivity contribution in [3.8, 4) is 0 Å². The van der Waals surface area contributed by atoms with Gasteiger partial charge in [-0.05, 0) is 19.4 Å². The van der Waals surface area contributed by atoms with Crippen molar-refractivity contribution in [1.29, 1.82) is 0 Å². The largest absolute Gasteiger partial charge is 0.464 e. The van der Waals surface area contributed by atoms with Crippen molar-refractivity contribution in [3.05, 3.63) is 35.4 Å². The van der Waals surface area contributed by atoms with Crippen molar-refractivity contribution >= 4 is 5.97 Å². The average Bonchev–Trinajstić information content (AvgIpc) is 2.54. The summed E-state index contributed by atoms with van der Waals surface area (Å²) < 4.78 is 15.6. The van der Waals surface area contributed by atoms with E-state index < -0.39 is 24.9 Å². The van der Waals surface area contributed by atoms with Crippen LogP contribution in [-0.4, -0.2) is 43.7 Å². The number of hydrogen-bond donors (Lipinski definition) is 2. The Bertz CT molecular complexity index is 476. The standard InChI is InChI=1S/C17H27NO5/c1-5-22-17(20)16(23-10-19)14(18)12(3)15(21-4)13-8-6-11(2)7-9-13/h6-9,12,14-16,19H,5,10,18H2,1-4H3/t12?,14-,15?,16?/m1/s1. The van der Waals surface area contributed by atoms with Gasteiger partial charge in [-0.3, -0.25) is 0 Å². The summed E-state index contributed by atoms with van der Waals surface area (Å²) in [6.45, 7) is 5.20. The minimum atomic E-state index is -1.04. The van der Waals surface area contributed by atoms with Crippen LogP contribution in [0.4, 0.5) is 0 Å². The molecule has 0 saturated carbocycles. The van der Waals surface area contributed by atoms with Crippen molar-refractivity contribution in [2.24, 2.45) is 11.7 Å². The van der Waals surface area contributed by atoms with E-state index in [1.807, 2.05) is 38.1 Å². The minimum Gasteiger partial charge on any atom is -0.464 e. The predicted octanol–water partition coefficient (Wildman–Crippen LogP) is 1.54. The number of carbonyl (C=O) groups excluding carboxylic acids is 1. The molecule has 0 aromatic heterocycles. The van der Waals surface area contributed by atoms with Gasteiger partial charge in [-0.25, -0.2) is 4.79 Å². The number of aliphatic hydroxyl groups excluding tert-OH is 1. The van der Waals surface area contributed by atoms with Crippen molar-refractivity contribution in [1.82, 2.24) is 0 Å². The molecule has 0 radical (unpaired) electrons. The van der Waals surface area contributed by atoms with E-state index in [0.29, 0.717) is 0 Å². The zero-order valence-corrected chi connectivity index (χ0v) is 14.2. The molecule has 0 aliphatic carbocycles. The van der Waals surface area contributed by atoms with E-state index in [9.17, 15) is 4.79 Å². The zero-order valence-electron chi connectivity index (χ0n) is 14.2. The molecule has 3 N–H and O–H groups in total. The van der Waals surface area contributed by atoms with Gasteiger partial charge in [-0.1, -0.05) is 36.8 Å². The number of aryl methyl sites for hydroxylation is 1. The van der Waals surface area contributed by atoms with Crippen LogP contribution in [0.1, 0.15) is 31.1 Å². The van der Waals surface area contributed by atoms with Crippen LogP contribution < -0.4 is 5.73 Å². The van der Waals surface area contributed by atoms with E-state index in [-0.39, 0.29) is 18.6 Å². The first-order chi connectivity index (χ1) is 11.0. The molecule has 0 saturated heterocycles. The summed E-state index contributed by atoms with van der Waals surface area (Å²) in [5.74, 6) is -0.816. The van der Waals surface area contributed by atoms with E-state index in [2.05, 4.69) is 0 Å². The summed E-state index contributed by atoms with van der Waals surface area (Å²) >= 11 is 0. The first-order valence-corrected chi connectivity index (χ1v) is 7.70. The van der Waals surface area contributed by atoms with Crippen molar-refractivity contribution in [2.75, 3.05) is 20.5 Å². The maximum Gasteiger partial charge on any atom is 0.337 e. The van der Waals surface area contributed by atoms with Gasteiger partial charge in [0.2, 0.25) is 0 Å². The molecule has 6 nitrogen and oxygen atoms in total. The van der Waals surface area contributed by atoms with Crippen LogP contribution in [0.25, 0.3) is 0 Å². The minimum absolute atomic E-state index is 0.219. The molecule has 0 spiro atoms. The lowest BCUT2D eigenvalue weighted by atomic mass is 9.88. The number of methoxy groups -OCH3 is 1. The average molecular weight is 325 g/mol. The van der Waals surface area contributed by atoms with Gasteiger partial charge in [0.05, 0.1) is 12.7 Å². The number of rotatable bonds is 9. The van der Waals surface area contributed by atoms with Crippen LogP contribution >= 0.6 is 0 Å². The van der Waals surface area contributed by atoms with E-state index in [0.717, 1.165) is 11.1 Å². The van der Waals surface area contributed by atoms with Crippen LogP contribution in [0.3, 0.4) is 0 Å². The lowest BCUT2D eigenvalue weighted by molar-refractivity contribution is -0.167. The third kappa shape index (κ3) is 5.28. The molecule has 1 rings (SSSR count). The predicted molar refractivity (Wildman–Crippen MR) is 86.7 cm³/mol. The molecule has 0 aliphatic rings. The number of ether oxygens (including phenoxy) is 3. The zero-order chi connectivity index (χ0) is 17.4. The highest BCUT2D eigenvalue weighted by molar-refractivity contribution is 5.75. The molecule has 0 amide bonds. The van der Waals surface area contributed by atoms with Crippen molar-refractivity contribution in [2.45, 2.75) is 39.0 Å². The first-order valence-electron chi connectivity index (χ1n) is 7.70. The van der Waals surface area contributed by atoms with Gasteiger partial charge in [0.1, 0.15) is 6.79 Å². The quantitative estimate of drug-likeness (QED) is 0.529. The van der Waals surface area contributed by atoms with Gasteiger partial charge >= 0.3 is 5.97 Å². The maximum absolute atomic E-state index is 12.0. The van der Waals surface area contributed by atoms with Gasteiger partial charge < -0.3 is 25.1 Å². The Labute approximate surface area is 137 Å². The fraction of sp³-hybridized carbons (Fsp3) is 0.588. The molecule has 4 atom stereocenters. The number of carbonyl (C=O) groups is 1. The third-order valence-corrected chi connectivity index (χ3v) is 3.87. The summed E-state index contributed by atoms with van der Waals surface area (Å²) in [5, 5.41) is 9.01. The van der Waals surface area contributed by atoms with Crippen molar-refractivity contribution < 1.29 is 24.1 Å². The van der Waals surface area contributed by atoms with Gasteiger partial charge in [-0.15, -0.1) is 0 Å². The molecule has 1 aromatic rings. The SMILES string of the molecule is CCOC(=O)C(OCO)[C@H](N)C(C)C(OC)c1ccc(C)cc1. The first kappa shape index (κ1) is 19.6. The van der Waals surface area contributed by atoms with E-state index in [4.69, 9.17) is 25.1 Å². The van der Waals surface area contributed by atoms with Crippen molar-refractivity contribution in [3.63, 3.8) is 0 Å². The Morgan fingerprint density at radius 3 is 2.39 bits per heavy atom. The van der Waals surface area contributed by atoms with E-state index >= 15 is 0 Å². The normalized spacial score (nSPS) is 16.4. The Hall–Kier alpha value is -1.47. The number of hydrogen-bond acceptors (Lipinski definition) is 6. The van der Waals surface area contributed by atoms with Crippen LogP contribution in [0.2, 0.25) is 0 Å². The number of aliphatic hydroxyl groups is 1. The fourth-order valence-electron chi connectivity index (χ4n) is 2.53. The molecule has 130 valence electrons.